The topological polar surface area (TPSA) is 54.0 Å². The summed E-state index contributed by atoms with van der Waals surface area (Å²) < 4.78 is 11.9. The standard InChI is InChI=1S/C24H30BrN3O3/c1-18-6-2-3-11-27(18)12-5-13-28(24(29)26-21-8-4-7-20(25)15-21)16-19-9-10-22-23(14-19)31-17-30-22/h4,7-10,14-15,18H,2-3,5-6,11-13,16-17H2,1H3,(H,26,29). The molecule has 7 heteroatoms. The molecule has 2 aromatic carbocycles. The van der Waals surface area contributed by atoms with E-state index >= 15 is 0 Å². The van der Waals surface area contributed by atoms with Gasteiger partial charge in [-0.3, -0.25) is 0 Å². The molecule has 4 rings (SSSR count). The first-order chi connectivity index (χ1) is 15.1. The highest BCUT2D eigenvalue weighted by Crippen LogP contribution is 2.33. The summed E-state index contributed by atoms with van der Waals surface area (Å²) in [5, 5.41) is 3.04. The van der Waals surface area contributed by atoms with Crippen LogP contribution in [0.5, 0.6) is 11.5 Å². The Kier molecular flexibility index (Phi) is 7.35. The Morgan fingerprint density at radius 1 is 1.19 bits per heavy atom. The summed E-state index contributed by atoms with van der Waals surface area (Å²) in [6.45, 7) is 5.95. The molecule has 1 atom stereocenters. The lowest BCUT2D eigenvalue weighted by atomic mass is 10.0. The number of rotatable bonds is 7. The van der Waals surface area contributed by atoms with Gasteiger partial charge >= 0.3 is 6.03 Å². The van der Waals surface area contributed by atoms with E-state index in [1.165, 1.54) is 19.3 Å². The molecule has 0 saturated carbocycles. The molecule has 6 nitrogen and oxygen atoms in total. The van der Waals surface area contributed by atoms with E-state index in [4.69, 9.17) is 9.47 Å². The zero-order chi connectivity index (χ0) is 21.6. The maximum Gasteiger partial charge on any atom is 0.322 e. The third-order valence-electron chi connectivity index (χ3n) is 5.99. The highest BCUT2D eigenvalue weighted by Gasteiger charge is 2.20. The molecule has 2 aliphatic heterocycles. The van der Waals surface area contributed by atoms with Crippen LogP contribution in [-0.2, 0) is 6.54 Å². The first-order valence-corrected chi connectivity index (χ1v) is 11.8. The normalized spacial score (nSPS) is 18.1. The van der Waals surface area contributed by atoms with Gasteiger partial charge in [0, 0.05) is 35.8 Å². The van der Waals surface area contributed by atoms with Crippen LogP contribution in [-0.4, -0.2) is 48.3 Å². The maximum atomic E-state index is 13.1. The summed E-state index contributed by atoms with van der Waals surface area (Å²) in [6, 6.07) is 14.1. The number of hydrogen-bond donors (Lipinski definition) is 1. The number of halogens is 1. The fraction of sp³-hybridized carbons (Fsp3) is 0.458. The lowest BCUT2D eigenvalue weighted by Crippen LogP contribution is -2.40. The maximum absolute atomic E-state index is 13.1. The monoisotopic (exact) mass is 487 g/mol. The largest absolute Gasteiger partial charge is 0.454 e. The fourth-order valence-corrected chi connectivity index (χ4v) is 4.63. The van der Waals surface area contributed by atoms with Crippen LogP contribution >= 0.6 is 15.9 Å². The summed E-state index contributed by atoms with van der Waals surface area (Å²) in [5.41, 5.74) is 1.81. The van der Waals surface area contributed by atoms with Gasteiger partial charge in [-0.1, -0.05) is 34.5 Å². The predicted molar refractivity (Wildman–Crippen MR) is 126 cm³/mol. The minimum Gasteiger partial charge on any atom is -0.454 e. The SMILES string of the molecule is CC1CCCCN1CCCN(Cc1ccc2c(c1)OCO2)C(=O)Nc1cccc(Br)c1. The average Bonchev–Trinajstić information content (AvgIpc) is 3.22. The Labute approximate surface area is 192 Å². The van der Waals surface area contributed by atoms with E-state index in [1.54, 1.807) is 0 Å². The molecule has 0 spiro atoms. The highest BCUT2D eigenvalue weighted by atomic mass is 79.9. The third-order valence-corrected chi connectivity index (χ3v) is 6.48. The molecule has 0 bridgehead atoms. The van der Waals surface area contributed by atoms with E-state index in [0.717, 1.165) is 46.7 Å². The Morgan fingerprint density at radius 3 is 2.90 bits per heavy atom. The van der Waals surface area contributed by atoms with Gasteiger partial charge in [0.25, 0.3) is 0 Å². The Balaban J connectivity index is 1.42. The second kappa shape index (κ2) is 10.4. The number of carbonyl (C=O) groups excluding carboxylic acids is 1. The van der Waals surface area contributed by atoms with Gasteiger partial charge in [0.05, 0.1) is 0 Å². The molecule has 2 heterocycles. The molecule has 1 saturated heterocycles. The zero-order valence-corrected chi connectivity index (χ0v) is 19.6. The number of amides is 2. The quantitative estimate of drug-likeness (QED) is 0.561. The molecule has 166 valence electrons. The molecule has 2 aliphatic rings. The first-order valence-electron chi connectivity index (χ1n) is 11.0. The smallest absolute Gasteiger partial charge is 0.322 e. The Hall–Kier alpha value is -2.25. The van der Waals surface area contributed by atoms with Crippen molar-refractivity contribution in [3.05, 3.63) is 52.5 Å². The third kappa shape index (κ3) is 5.92. The molecule has 0 radical (unpaired) electrons. The van der Waals surface area contributed by atoms with Crippen molar-refractivity contribution in [3.8, 4) is 11.5 Å². The van der Waals surface area contributed by atoms with Crippen molar-refractivity contribution in [2.45, 2.75) is 45.2 Å². The van der Waals surface area contributed by atoms with Gasteiger partial charge in [0.1, 0.15) is 0 Å². The van der Waals surface area contributed by atoms with Crippen molar-refractivity contribution in [3.63, 3.8) is 0 Å². The predicted octanol–water partition coefficient (Wildman–Crippen LogP) is 5.48. The molecule has 1 N–H and O–H groups in total. The summed E-state index contributed by atoms with van der Waals surface area (Å²) in [6.07, 6.45) is 4.81. The van der Waals surface area contributed by atoms with Crippen molar-refractivity contribution < 1.29 is 14.3 Å². The van der Waals surface area contributed by atoms with Crippen LogP contribution in [0.3, 0.4) is 0 Å². The van der Waals surface area contributed by atoms with E-state index < -0.39 is 0 Å². The number of benzene rings is 2. The van der Waals surface area contributed by atoms with Crippen LogP contribution in [0, 0.1) is 0 Å². The van der Waals surface area contributed by atoms with Gasteiger partial charge in [0.2, 0.25) is 6.79 Å². The number of piperidine rings is 1. The molecular formula is C24H30BrN3O3. The number of hydrogen-bond acceptors (Lipinski definition) is 4. The molecule has 0 aromatic heterocycles. The summed E-state index contributed by atoms with van der Waals surface area (Å²) in [5.74, 6) is 1.50. The van der Waals surface area contributed by atoms with Crippen molar-refractivity contribution in [1.29, 1.82) is 0 Å². The van der Waals surface area contributed by atoms with Crippen LogP contribution < -0.4 is 14.8 Å². The number of urea groups is 1. The molecule has 1 fully saturated rings. The van der Waals surface area contributed by atoms with E-state index in [-0.39, 0.29) is 12.8 Å². The van der Waals surface area contributed by atoms with E-state index in [0.29, 0.717) is 19.1 Å². The summed E-state index contributed by atoms with van der Waals surface area (Å²) in [4.78, 5) is 17.6. The van der Waals surface area contributed by atoms with Crippen LogP contribution in [0.25, 0.3) is 0 Å². The lowest BCUT2D eigenvalue weighted by molar-refractivity contribution is 0.150. The van der Waals surface area contributed by atoms with Crippen LogP contribution in [0.15, 0.2) is 46.9 Å². The molecule has 0 aliphatic carbocycles. The minimum absolute atomic E-state index is 0.0949. The minimum atomic E-state index is -0.0949. The molecule has 31 heavy (non-hydrogen) atoms. The van der Waals surface area contributed by atoms with Crippen LogP contribution in [0.4, 0.5) is 10.5 Å². The number of fused-ring (bicyclic) bond motifs is 1. The van der Waals surface area contributed by atoms with Crippen LogP contribution in [0.2, 0.25) is 0 Å². The number of nitrogens with one attached hydrogen (secondary N) is 1. The second-order valence-corrected chi connectivity index (χ2v) is 9.20. The lowest BCUT2D eigenvalue weighted by Gasteiger charge is -2.34. The number of likely N-dealkylation sites (tertiary alicyclic amines) is 1. The Bertz CT molecular complexity index is 907. The average molecular weight is 488 g/mol. The van der Waals surface area contributed by atoms with E-state index in [9.17, 15) is 4.79 Å². The fourth-order valence-electron chi connectivity index (χ4n) is 4.24. The van der Waals surface area contributed by atoms with E-state index in [2.05, 4.69) is 33.1 Å². The summed E-state index contributed by atoms with van der Waals surface area (Å²) in [7, 11) is 0. The van der Waals surface area contributed by atoms with Crippen molar-refractivity contribution >= 4 is 27.6 Å². The molecule has 1 unspecified atom stereocenters. The summed E-state index contributed by atoms with van der Waals surface area (Å²) >= 11 is 3.47. The highest BCUT2D eigenvalue weighted by molar-refractivity contribution is 9.10. The van der Waals surface area contributed by atoms with Crippen molar-refractivity contribution in [1.82, 2.24) is 9.80 Å². The van der Waals surface area contributed by atoms with Gasteiger partial charge in [-0.2, -0.15) is 0 Å². The first kappa shape index (κ1) is 22.0. The van der Waals surface area contributed by atoms with Gasteiger partial charge in [-0.25, -0.2) is 4.79 Å². The van der Waals surface area contributed by atoms with Gasteiger partial charge in [-0.05, 0) is 68.6 Å². The molecular weight excluding hydrogens is 458 g/mol. The number of nitrogens with zero attached hydrogens (tertiary/aromatic N) is 2. The van der Waals surface area contributed by atoms with E-state index in [1.807, 2.05) is 47.4 Å². The molecule has 2 aromatic rings. The van der Waals surface area contributed by atoms with Crippen LogP contribution in [0.1, 0.15) is 38.2 Å². The van der Waals surface area contributed by atoms with Gasteiger partial charge in [0.15, 0.2) is 11.5 Å². The number of carbonyl (C=O) groups is 1. The Morgan fingerprint density at radius 2 is 2.06 bits per heavy atom. The molecule has 2 amide bonds. The zero-order valence-electron chi connectivity index (χ0n) is 18.0. The van der Waals surface area contributed by atoms with Gasteiger partial charge in [-0.15, -0.1) is 0 Å². The van der Waals surface area contributed by atoms with Gasteiger partial charge < -0.3 is 24.6 Å². The van der Waals surface area contributed by atoms with Crippen molar-refractivity contribution in [2.24, 2.45) is 0 Å². The second-order valence-electron chi connectivity index (χ2n) is 8.28. The number of ether oxygens (including phenoxy) is 2. The van der Waals surface area contributed by atoms with Crippen molar-refractivity contribution in [2.75, 3.05) is 31.7 Å². The number of anilines is 1.